The van der Waals surface area contributed by atoms with Crippen LogP contribution in [-0.4, -0.2) is 12.6 Å². The number of ether oxygens (including phenoxy) is 1. The van der Waals surface area contributed by atoms with E-state index in [1.54, 1.807) is 7.11 Å². The summed E-state index contributed by atoms with van der Waals surface area (Å²) in [5, 5.41) is 0. The molecule has 90 valence electrons. The molecule has 3 heteroatoms. The Kier molecular flexibility index (Phi) is 4.63. The van der Waals surface area contributed by atoms with Crippen molar-refractivity contribution in [1.82, 2.24) is 0 Å². The van der Waals surface area contributed by atoms with Gasteiger partial charge in [0.15, 0.2) is 0 Å². The molecule has 0 radical (unpaired) electrons. The van der Waals surface area contributed by atoms with Gasteiger partial charge in [-0.3, -0.25) is 0 Å². The molecule has 1 aliphatic rings. The third-order valence-corrected chi connectivity index (χ3v) is 3.31. The maximum Gasteiger partial charge on any atom is 0.118 e. The number of hydrogen-bond acceptors (Lipinski definition) is 2. The topological polar surface area (TPSA) is 35.2 Å². The van der Waals surface area contributed by atoms with E-state index in [-0.39, 0.29) is 17.9 Å². The van der Waals surface area contributed by atoms with Gasteiger partial charge in [0, 0.05) is 5.54 Å². The number of halogens is 1. The third kappa shape index (κ3) is 3.13. The quantitative estimate of drug-likeness (QED) is 0.883. The average molecular weight is 242 g/mol. The zero-order valence-electron chi connectivity index (χ0n) is 9.74. The Morgan fingerprint density at radius 1 is 1.19 bits per heavy atom. The molecule has 1 saturated carbocycles. The Balaban J connectivity index is 0.00000128. The smallest absolute Gasteiger partial charge is 0.118 e. The molecule has 1 aliphatic carbocycles. The second-order valence-corrected chi connectivity index (χ2v) is 4.59. The van der Waals surface area contributed by atoms with Crippen molar-refractivity contribution in [2.24, 2.45) is 5.73 Å². The zero-order chi connectivity index (χ0) is 10.7. The maximum absolute atomic E-state index is 6.33. The Bertz CT molecular complexity index is 317. The minimum atomic E-state index is 0. The van der Waals surface area contributed by atoms with Gasteiger partial charge in [0.2, 0.25) is 0 Å². The molecule has 0 bridgehead atoms. The van der Waals surface area contributed by atoms with Crippen LogP contribution in [0.2, 0.25) is 0 Å². The van der Waals surface area contributed by atoms with Gasteiger partial charge in [-0.15, -0.1) is 12.4 Å². The fourth-order valence-electron chi connectivity index (χ4n) is 2.41. The van der Waals surface area contributed by atoms with Gasteiger partial charge in [-0.05, 0) is 37.0 Å². The van der Waals surface area contributed by atoms with Crippen molar-refractivity contribution in [2.75, 3.05) is 7.11 Å². The van der Waals surface area contributed by atoms with Crippen molar-refractivity contribution >= 4 is 12.4 Å². The molecule has 1 aromatic carbocycles. The van der Waals surface area contributed by atoms with Crippen LogP contribution in [-0.2, 0) is 6.42 Å². The predicted molar refractivity (Wildman–Crippen MR) is 69.3 cm³/mol. The molecule has 1 fully saturated rings. The monoisotopic (exact) mass is 241 g/mol. The summed E-state index contributed by atoms with van der Waals surface area (Å²) >= 11 is 0. The number of benzene rings is 1. The van der Waals surface area contributed by atoms with E-state index in [0.717, 1.165) is 12.2 Å². The minimum absolute atomic E-state index is 0. The first-order valence-corrected chi connectivity index (χ1v) is 5.64. The number of rotatable bonds is 3. The maximum atomic E-state index is 6.33. The standard InChI is InChI=1S/C13H19NO.ClH/c1-15-12-6-4-11(5-7-12)10-13(14)8-2-3-9-13;/h4-7H,2-3,8-10,14H2,1H3;1H. The summed E-state index contributed by atoms with van der Waals surface area (Å²) in [6.07, 6.45) is 5.90. The zero-order valence-corrected chi connectivity index (χ0v) is 10.6. The fourth-order valence-corrected chi connectivity index (χ4v) is 2.41. The van der Waals surface area contributed by atoms with E-state index in [1.807, 2.05) is 12.1 Å². The van der Waals surface area contributed by atoms with Crippen LogP contribution >= 0.6 is 12.4 Å². The molecule has 2 rings (SSSR count). The molecular weight excluding hydrogens is 222 g/mol. The van der Waals surface area contributed by atoms with Crippen molar-refractivity contribution < 1.29 is 4.74 Å². The lowest BCUT2D eigenvalue weighted by atomic mass is 9.90. The van der Waals surface area contributed by atoms with Gasteiger partial charge in [0.05, 0.1) is 7.11 Å². The Hall–Kier alpha value is -0.730. The molecule has 0 amide bonds. The van der Waals surface area contributed by atoms with Crippen LogP contribution in [0.4, 0.5) is 0 Å². The van der Waals surface area contributed by atoms with E-state index < -0.39 is 0 Å². The Morgan fingerprint density at radius 3 is 2.25 bits per heavy atom. The first-order chi connectivity index (χ1) is 7.22. The fraction of sp³-hybridized carbons (Fsp3) is 0.538. The molecule has 16 heavy (non-hydrogen) atoms. The highest BCUT2D eigenvalue weighted by Gasteiger charge is 2.29. The van der Waals surface area contributed by atoms with Gasteiger partial charge in [-0.2, -0.15) is 0 Å². The molecular formula is C13H20ClNO. The van der Waals surface area contributed by atoms with E-state index >= 15 is 0 Å². The summed E-state index contributed by atoms with van der Waals surface area (Å²) in [7, 11) is 1.69. The Labute approximate surface area is 104 Å². The van der Waals surface area contributed by atoms with E-state index in [9.17, 15) is 0 Å². The predicted octanol–water partition coefficient (Wildman–Crippen LogP) is 2.93. The van der Waals surface area contributed by atoms with Crippen molar-refractivity contribution in [3.05, 3.63) is 29.8 Å². The van der Waals surface area contributed by atoms with E-state index in [2.05, 4.69) is 12.1 Å². The number of hydrogen-bond donors (Lipinski definition) is 1. The first kappa shape index (κ1) is 13.3. The van der Waals surface area contributed by atoms with Gasteiger partial charge in [-0.1, -0.05) is 25.0 Å². The molecule has 2 nitrogen and oxygen atoms in total. The van der Waals surface area contributed by atoms with Gasteiger partial charge in [0.1, 0.15) is 5.75 Å². The minimum Gasteiger partial charge on any atom is -0.497 e. The summed E-state index contributed by atoms with van der Waals surface area (Å²) < 4.78 is 5.13. The SMILES string of the molecule is COc1ccc(CC2(N)CCCC2)cc1.Cl. The van der Waals surface area contributed by atoms with Gasteiger partial charge < -0.3 is 10.5 Å². The van der Waals surface area contributed by atoms with Crippen LogP contribution in [0.5, 0.6) is 5.75 Å². The van der Waals surface area contributed by atoms with Crippen molar-refractivity contribution in [3.8, 4) is 5.75 Å². The molecule has 0 heterocycles. The molecule has 2 N–H and O–H groups in total. The molecule has 0 aliphatic heterocycles. The van der Waals surface area contributed by atoms with E-state index in [1.165, 1.54) is 31.2 Å². The summed E-state index contributed by atoms with van der Waals surface area (Å²) in [5.74, 6) is 0.913. The van der Waals surface area contributed by atoms with Crippen molar-refractivity contribution in [2.45, 2.75) is 37.6 Å². The van der Waals surface area contributed by atoms with Gasteiger partial charge in [0.25, 0.3) is 0 Å². The van der Waals surface area contributed by atoms with Crippen LogP contribution in [0.15, 0.2) is 24.3 Å². The average Bonchev–Trinajstić information content (AvgIpc) is 2.66. The molecule has 0 spiro atoms. The van der Waals surface area contributed by atoms with Crippen molar-refractivity contribution in [1.29, 1.82) is 0 Å². The largest absolute Gasteiger partial charge is 0.497 e. The van der Waals surface area contributed by atoms with Crippen LogP contribution in [0, 0.1) is 0 Å². The lowest BCUT2D eigenvalue weighted by Crippen LogP contribution is -2.38. The summed E-state index contributed by atoms with van der Waals surface area (Å²) in [6, 6.07) is 8.25. The lowest BCUT2D eigenvalue weighted by Gasteiger charge is -2.23. The van der Waals surface area contributed by atoms with Crippen LogP contribution in [0.25, 0.3) is 0 Å². The normalized spacial score (nSPS) is 17.9. The number of methoxy groups -OCH3 is 1. The first-order valence-electron chi connectivity index (χ1n) is 5.64. The van der Waals surface area contributed by atoms with E-state index in [4.69, 9.17) is 10.5 Å². The van der Waals surface area contributed by atoms with Crippen LogP contribution in [0.1, 0.15) is 31.2 Å². The number of nitrogens with two attached hydrogens (primary N) is 1. The second kappa shape index (κ2) is 5.55. The highest BCUT2D eigenvalue weighted by atomic mass is 35.5. The molecule has 1 aromatic rings. The van der Waals surface area contributed by atoms with Crippen LogP contribution in [0.3, 0.4) is 0 Å². The second-order valence-electron chi connectivity index (χ2n) is 4.59. The third-order valence-electron chi connectivity index (χ3n) is 3.31. The van der Waals surface area contributed by atoms with Gasteiger partial charge in [-0.25, -0.2) is 0 Å². The van der Waals surface area contributed by atoms with Crippen LogP contribution < -0.4 is 10.5 Å². The summed E-state index contributed by atoms with van der Waals surface area (Å²) in [5.41, 5.74) is 7.70. The van der Waals surface area contributed by atoms with E-state index in [0.29, 0.717) is 0 Å². The highest BCUT2D eigenvalue weighted by Crippen LogP contribution is 2.30. The summed E-state index contributed by atoms with van der Waals surface area (Å²) in [4.78, 5) is 0. The molecule has 0 atom stereocenters. The van der Waals surface area contributed by atoms with Gasteiger partial charge >= 0.3 is 0 Å². The molecule has 0 unspecified atom stereocenters. The Morgan fingerprint density at radius 2 is 1.75 bits per heavy atom. The highest BCUT2D eigenvalue weighted by molar-refractivity contribution is 5.85. The summed E-state index contributed by atoms with van der Waals surface area (Å²) in [6.45, 7) is 0. The van der Waals surface area contributed by atoms with Crippen molar-refractivity contribution in [3.63, 3.8) is 0 Å². The molecule has 0 aromatic heterocycles. The lowest BCUT2D eigenvalue weighted by molar-refractivity contribution is 0.413. The molecule has 0 saturated heterocycles.